The van der Waals surface area contributed by atoms with Crippen molar-refractivity contribution in [1.29, 1.82) is 0 Å². The van der Waals surface area contributed by atoms with Gasteiger partial charge in [-0.1, -0.05) is 12.1 Å². The average Bonchev–Trinajstić information content (AvgIpc) is 2.83. The second-order valence-corrected chi connectivity index (χ2v) is 6.66. The molecule has 0 spiro atoms. The molecule has 1 aromatic carbocycles. The van der Waals surface area contributed by atoms with Gasteiger partial charge in [0, 0.05) is 13.1 Å². The Morgan fingerprint density at radius 2 is 1.96 bits per heavy atom. The number of carbonyl (C=O) groups excluding carboxylic acids is 2. The van der Waals surface area contributed by atoms with E-state index < -0.39 is 34.3 Å². The predicted molar refractivity (Wildman–Crippen MR) is 75.8 cm³/mol. The molecule has 0 aliphatic carbocycles. The molecular weight excluding hydrogens is 349 g/mol. The zero-order valence-corrected chi connectivity index (χ0v) is 15.7. The van der Waals surface area contributed by atoms with Crippen LogP contribution >= 0.6 is 0 Å². The molecular formula is C13H14N3NaO6S. The van der Waals surface area contributed by atoms with E-state index in [2.05, 4.69) is 5.32 Å². The normalized spacial score (nSPS) is 22.5. The van der Waals surface area contributed by atoms with E-state index in [-0.39, 0.29) is 54.8 Å². The van der Waals surface area contributed by atoms with Crippen molar-refractivity contribution < 1.29 is 57.2 Å². The first-order chi connectivity index (χ1) is 10.8. The molecule has 2 fully saturated rings. The molecule has 11 heteroatoms. The maximum atomic E-state index is 12.1. The zero-order valence-electron chi connectivity index (χ0n) is 12.9. The van der Waals surface area contributed by atoms with Crippen LogP contribution in [0.1, 0.15) is 12.0 Å². The van der Waals surface area contributed by atoms with Crippen LogP contribution < -0.4 is 34.9 Å². The number of urea groups is 1. The average molecular weight is 363 g/mol. The summed E-state index contributed by atoms with van der Waals surface area (Å²) in [6.45, 7) is 0.402. The van der Waals surface area contributed by atoms with E-state index in [1.165, 1.54) is 17.0 Å². The third kappa shape index (κ3) is 3.38. The summed E-state index contributed by atoms with van der Waals surface area (Å²) < 4.78 is 33.3. The van der Waals surface area contributed by atoms with Crippen LogP contribution in [-0.4, -0.2) is 57.8 Å². The van der Waals surface area contributed by atoms with Crippen LogP contribution in [0.5, 0.6) is 5.75 Å². The largest absolute Gasteiger partial charge is 1.00 e. The first-order valence-corrected chi connectivity index (χ1v) is 8.27. The van der Waals surface area contributed by atoms with Crippen LogP contribution in [0.25, 0.3) is 0 Å². The summed E-state index contributed by atoms with van der Waals surface area (Å²) in [4.78, 5) is 25.2. The van der Waals surface area contributed by atoms with Gasteiger partial charge in [-0.3, -0.25) is 4.79 Å². The Bertz CT molecular complexity index is 753. The fraction of sp³-hybridized carbons (Fsp3) is 0.385. The number of β-lactam (4-membered cyclic amide) rings is 1. The topological polar surface area (TPSA) is 130 Å². The second-order valence-electron chi connectivity index (χ2n) is 5.41. The molecule has 124 valence electrons. The Morgan fingerprint density at radius 1 is 1.33 bits per heavy atom. The van der Waals surface area contributed by atoms with Gasteiger partial charge >= 0.3 is 35.6 Å². The van der Waals surface area contributed by atoms with E-state index in [9.17, 15) is 27.7 Å². The number of phenolic OH excluding ortho intramolecular Hbond substituents is 1. The van der Waals surface area contributed by atoms with Gasteiger partial charge in [0.15, 0.2) is 10.3 Å². The molecule has 9 nitrogen and oxygen atoms in total. The molecule has 3 rings (SSSR count). The van der Waals surface area contributed by atoms with Gasteiger partial charge in [-0.25, -0.2) is 17.5 Å². The first-order valence-electron chi connectivity index (χ1n) is 6.90. The van der Waals surface area contributed by atoms with Gasteiger partial charge in [0.25, 0.3) is 5.91 Å². The smallest absolute Gasteiger partial charge is 0.731 e. The summed E-state index contributed by atoms with van der Waals surface area (Å²) in [7, 11) is -4.83. The van der Waals surface area contributed by atoms with Crippen LogP contribution in [0.2, 0.25) is 0 Å². The van der Waals surface area contributed by atoms with E-state index in [4.69, 9.17) is 0 Å². The Hall–Kier alpha value is -1.33. The minimum Gasteiger partial charge on any atom is -0.731 e. The zero-order chi connectivity index (χ0) is 16.8. The van der Waals surface area contributed by atoms with Crippen LogP contribution in [0.3, 0.4) is 0 Å². The van der Waals surface area contributed by atoms with Gasteiger partial charge in [0.05, 0.1) is 6.04 Å². The predicted octanol–water partition coefficient (Wildman–Crippen LogP) is -3.65. The molecule has 1 aromatic rings. The molecule has 0 unspecified atom stereocenters. The molecule has 3 amide bonds. The molecule has 0 bridgehead atoms. The van der Waals surface area contributed by atoms with Crippen molar-refractivity contribution in [1.82, 2.24) is 14.5 Å². The maximum absolute atomic E-state index is 12.1. The third-order valence-electron chi connectivity index (χ3n) is 4.02. The summed E-state index contributed by atoms with van der Waals surface area (Å²) in [5, 5.41) is 11.8. The molecule has 0 aromatic heterocycles. The summed E-state index contributed by atoms with van der Waals surface area (Å²) in [6, 6.07) is 4.11. The summed E-state index contributed by atoms with van der Waals surface area (Å²) in [5.74, 6) is -0.747. The Morgan fingerprint density at radius 3 is 2.54 bits per heavy atom. The maximum Gasteiger partial charge on any atom is 1.00 e. The van der Waals surface area contributed by atoms with E-state index >= 15 is 0 Å². The monoisotopic (exact) mass is 363 g/mol. The summed E-state index contributed by atoms with van der Waals surface area (Å²) >= 11 is 0. The van der Waals surface area contributed by atoms with Gasteiger partial charge < -0.3 is 19.9 Å². The Kier molecular flexibility index (Phi) is 5.45. The number of carbonyl (C=O) groups is 2. The van der Waals surface area contributed by atoms with Crippen LogP contribution in [0.4, 0.5) is 4.79 Å². The number of nitrogens with zero attached hydrogens (tertiary/aromatic N) is 2. The molecule has 0 saturated carbocycles. The number of aromatic hydroxyl groups is 1. The molecule has 2 N–H and O–H groups in total. The van der Waals surface area contributed by atoms with E-state index in [0.29, 0.717) is 4.31 Å². The number of likely N-dealkylation sites (tertiary alicyclic amines) is 1. The number of hydrogen-bond acceptors (Lipinski definition) is 6. The third-order valence-corrected chi connectivity index (χ3v) is 4.95. The SMILES string of the molecule is O=C(NCc1ccc(O)cc1)N1CC[C@@H]2[C@H]1C(=O)N2S(=O)(=O)[O-].[Na+]. The van der Waals surface area contributed by atoms with Crippen molar-refractivity contribution >= 4 is 22.2 Å². The number of fused-ring (bicyclic) bond motifs is 1. The van der Waals surface area contributed by atoms with Crippen LogP contribution in [0.15, 0.2) is 24.3 Å². The van der Waals surface area contributed by atoms with Gasteiger partial charge in [-0.15, -0.1) is 0 Å². The molecule has 2 atom stereocenters. The van der Waals surface area contributed by atoms with E-state index in [1.54, 1.807) is 12.1 Å². The number of phenols is 1. The Balaban J connectivity index is 0.00000208. The minimum atomic E-state index is -4.83. The van der Waals surface area contributed by atoms with Crippen molar-refractivity contribution in [3.05, 3.63) is 29.8 Å². The van der Waals surface area contributed by atoms with Gasteiger partial charge in [-0.2, -0.15) is 0 Å². The van der Waals surface area contributed by atoms with Crippen molar-refractivity contribution in [3.8, 4) is 5.75 Å². The van der Waals surface area contributed by atoms with Gasteiger partial charge in [0.1, 0.15) is 11.8 Å². The summed E-state index contributed by atoms with van der Waals surface area (Å²) in [6.07, 6.45) is 0.254. The van der Waals surface area contributed by atoms with E-state index in [1.807, 2.05) is 0 Å². The number of rotatable bonds is 3. The van der Waals surface area contributed by atoms with Crippen molar-refractivity contribution in [3.63, 3.8) is 0 Å². The first kappa shape index (κ1) is 19.0. The second kappa shape index (κ2) is 6.89. The number of amides is 3. The molecule has 0 radical (unpaired) electrons. The van der Waals surface area contributed by atoms with Crippen molar-refractivity contribution in [2.45, 2.75) is 25.0 Å². The fourth-order valence-electron chi connectivity index (χ4n) is 2.93. The number of hydrogen-bond donors (Lipinski definition) is 2. The quantitative estimate of drug-likeness (QED) is 0.324. The van der Waals surface area contributed by atoms with Gasteiger partial charge in [-0.05, 0) is 24.1 Å². The van der Waals surface area contributed by atoms with E-state index in [0.717, 1.165) is 5.56 Å². The molecule has 2 aliphatic rings. The van der Waals surface area contributed by atoms with Crippen LogP contribution in [0, 0.1) is 0 Å². The summed E-state index contributed by atoms with van der Waals surface area (Å²) in [5.41, 5.74) is 0.760. The fourth-order valence-corrected chi connectivity index (χ4v) is 3.81. The van der Waals surface area contributed by atoms with Crippen molar-refractivity contribution in [2.75, 3.05) is 6.54 Å². The Labute approximate surface area is 160 Å². The van der Waals surface area contributed by atoms with Crippen LogP contribution in [-0.2, 0) is 21.6 Å². The number of benzene rings is 1. The minimum absolute atomic E-state index is 0. The molecule has 24 heavy (non-hydrogen) atoms. The molecule has 2 saturated heterocycles. The number of nitrogens with one attached hydrogen (secondary N) is 1. The molecule has 2 heterocycles. The van der Waals surface area contributed by atoms with Gasteiger partial charge in [0.2, 0.25) is 0 Å². The molecule has 2 aliphatic heterocycles. The standard InChI is InChI=1S/C13H15N3O6S.Na/c17-9-3-1-8(2-4-9)7-14-13(19)15-6-5-10-11(15)12(18)16(10)23(20,21)22;/h1-4,10-11,17H,5-7H2,(H,14,19)(H,20,21,22);/q;+1/p-1/t10-,11+;/m1./s1. The van der Waals surface area contributed by atoms with Crippen molar-refractivity contribution in [2.24, 2.45) is 0 Å².